The topological polar surface area (TPSA) is 50.4 Å². The molecule has 3 rings (SSSR count). The van der Waals surface area contributed by atoms with E-state index in [0.717, 1.165) is 32.4 Å². The summed E-state index contributed by atoms with van der Waals surface area (Å²) in [6.07, 6.45) is 3.40. The molecular weight excluding hydrogens is 348 g/mol. The molecule has 4 nitrogen and oxygen atoms in total. The number of hydrogen-bond donors (Lipinski definition) is 2. The molecular formula is C21H29ClN2O2. The highest BCUT2D eigenvalue weighted by atomic mass is 35.5. The number of aryl methyl sites for hydroxylation is 1. The second-order valence-electron chi connectivity index (χ2n) is 7.14. The molecule has 26 heavy (non-hydrogen) atoms. The Labute approximate surface area is 162 Å². The number of methoxy groups -OCH3 is 1. The number of nitrogens with one attached hydrogen (secondary N) is 2. The van der Waals surface area contributed by atoms with Gasteiger partial charge in [-0.05, 0) is 48.7 Å². The van der Waals surface area contributed by atoms with Gasteiger partial charge in [0.05, 0.1) is 6.61 Å². The predicted molar refractivity (Wildman–Crippen MR) is 109 cm³/mol. The van der Waals surface area contributed by atoms with Gasteiger partial charge in [0.2, 0.25) is 5.91 Å². The number of piperidine rings is 1. The molecule has 1 aliphatic rings. The summed E-state index contributed by atoms with van der Waals surface area (Å²) >= 11 is 0. The van der Waals surface area contributed by atoms with E-state index in [1.807, 2.05) is 12.1 Å². The van der Waals surface area contributed by atoms with Gasteiger partial charge in [-0.3, -0.25) is 4.79 Å². The number of benzene rings is 2. The Morgan fingerprint density at radius 2 is 1.88 bits per heavy atom. The zero-order valence-corrected chi connectivity index (χ0v) is 16.2. The van der Waals surface area contributed by atoms with Crippen molar-refractivity contribution in [2.24, 2.45) is 5.41 Å². The van der Waals surface area contributed by atoms with Crippen LogP contribution in [-0.4, -0.2) is 39.3 Å². The summed E-state index contributed by atoms with van der Waals surface area (Å²) in [4.78, 5) is 12.3. The van der Waals surface area contributed by atoms with Crippen LogP contribution in [0, 0.1) is 5.41 Å². The molecule has 0 bridgehead atoms. The van der Waals surface area contributed by atoms with Crippen molar-refractivity contribution in [3.05, 3.63) is 48.0 Å². The van der Waals surface area contributed by atoms with Crippen molar-refractivity contribution < 1.29 is 9.53 Å². The Morgan fingerprint density at radius 1 is 1.15 bits per heavy atom. The Hall–Kier alpha value is -1.62. The van der Waals surface area contributed by atoms with Crippen molar-refractivity contribution in [2.45, 2.75) is 25.7 Å². The highest BCUT2D eigenvalue weighted by molar-refractivity contribution is 5.85. The van der Waals surface area contributed by atoms with Crippen LogP contribution in [0.3, 0.4) is 0 Å². The molecule has 1 heterocycles. The minimum absolute atomic E-state index is 0. The first-order valence-corrected chi connectivity index (χ1v) is 9.15. The molecule has 1 saturated heterocycles. The molecule has 0 saturated carbocycles. The second kappa shape index (κ2) is 9.91. The maximum atomic E-state index is 12.3. The summed E-state index contributed by atoms with van der Waals surface area (Å²) in [5.74, 6) is 0.127. The van der Waals surface area contributed by atoms with Gasteiger partial charge in [0, 0.05) is 25.5 Å². The Bertz CT molecular complexity index is 708. The first kappa shape index (κ1) is 20.7. The van der Waals surface area contributed by atoms with Crippen molar-refractivity contribution >= 4 is 29.1 Å². The third kappa shape index (κ3) is 5.44. The van der Waals surface area contributed by atoms with Crippen LogP contribution in [0.25, 0.3) is 10.8 Å². The van der Waals surface area contributed by atoms with E-state index >= 15 is 0 Å². The smallest absolute Gasteiger partial charge is 0.220 e. The van der Waals surface area contributed by atoms with Gasteiger partial charge in [0.15, 0.2) is 0 Å². The lowest BCUT2D eigenvalue weighted by Crippen LogP contribution is -2.47. The molecule has 2 aromatic carbocycles. The summed E-state index contributed by atoms with van der Waals surface area (Å²) in [6.45, 7) is 3.41. The van der Waals surface area contributed by atoms with Crippen LogP contribution in [0.1, 0.15) is 24.8 Å². The number of amides is 1. The number of rotatable bonds is 7. The van der Waals surface area contributed by atoms with Gasteiger partial charge >= 0.3 is 0 Å². The standard InChI is InChI=1S/C21H28N2O2.ClH/c1-25-16-21(10-12-22-13-11-21)15-23-20(24)9-7-17-6-8-18-4-2-3-5-19(18)14-17;/h2-6,8,14,22H,7,9-13,15-16H2,1H3,(H,23,24);1H. The minimum Gasteiger partial charge on any atom is -0.384 e. The van der Waals surface area contributed by atoms with Crippen molar-refractivity contribution in [3.8, 4) is 0 Å². The number of hydrogen-bond acceptors (Lipinski definition) is 3. The van der Waals surface area contributed by atoms with Crippen LogP contribution in [0.5, 0.6) is 0 Å². The maximum Gasteiger partial charge on any atom is 0.220 e. The predicted octanol–water partition coefficient (Wildman–Crippen LogP) is 3.33. The number of fused-ring (bicyclic) bond motifs is 1. The number of carbonyl (C=O) groups is 1. The van der Waals surface area contributed by atoms with E-state index in [1.165, 1.54) is 16.3 Å². The lowest BCUT2D eigenvalue weighted by molar-refractivity contribution is -0.122. The third-order valence-electron chi connectivity index (χ3n) is 5.23. The average molecular weight is 377 g/mol. The summed E-state index contributed by atoms with van der Waals surface area (Å²) in [5, 5.41) is 8.99. The van der Waals surface area contributed by atoms with Gasteiger partial charge in [-0.2, -0.15) is 0 Å². The third-order valence-corrected chi connectivity index (χ3v) is 5.23. The van der Waals surface area contributed by atoms with Crippen LogP contribution >= 0.6 is 12.4 Å². The molecule has 0 spiro atoms. The average Bonchev–Trinajstić information content (AvgIpc) is 2.65. The summed E-state index contributed by atoms with van der Waals surface area (Å²) < 4.78 is 5.41. The molecule has 2 aromatic rings. The SMILES string of the molecule is COCC1(CNC(=O)CCc2ccc3ccccc3c2)CCNCC1.Cl. The molecule has 2 N–H and O–H groups in total. The molecule has 1 amide bonds. The Kier molecular flexibility index (Phi) is 7.88. The second-order valence-corrected chi connectivity index (χ2v) is 7.14. The van der Waals surface area contributed by atoms with Gasteiger partial charge in [-0.1, -0.05) is 42.5 Å². The van der Waals surface area contributed by atoms with E-state index in [2.05, 4.69) is 41.0 Å². The number of halogens is 1. The molecule has 5 heteroatoms. The summed E-state index contributed by atoms with van der Waals surface area (Å²) in [7, 11) is 1.74. The van der Waals surface area contributed by atoms with Crippen molar-refractivity contribution in [1.29, 1.82) is 0 Å². The Morgan fingerprint density at radius 3 is 2.62 bits per heavy atom. The quantitative estimate of drug-likeness (QED) is 0.779. The van der Waals surface area contributed by atoms with E-state index in [9.17, 15) is 4.79 Å². The van der Waals surface area contributed by atoms with Gasteiger partial charge in [-0.25, -0.2) is 0 Å². The van der Waals surface area contributed by atoms with Crippen LogP contribution in [0.2, 0.25) is 0 Å². The largest absolute Gasteiger partial charge is 0.384 e. The van der Waals surface area contributed by atoms with Crippen LogP contribution in [0.4, 0.5) is 0 Å². The lowest BCUT2D eigenvalue weighted by atomic mass is 9.79. The fraction of sp³-hybridized carbons (Fsp3) is 0.476. The molecule has 0 atom stereocenters. The van der Waals surface area contributed by atoms with E-state index in [0.29, 0.717) is 19.6 Å². The van der Waals surface area contributed by atoms with Gasteiger partial charge in [-0.15, -0.1) is 12.4 Å². The Balaban J connectivity index is 0.00000243. The molecule has 0 aliphatic carbocycles. The van der Waals surface area contributed by atoms with Gasteiger partial charge in [0.25, 0.3) is 0 Å². The maximum absolute atomic E-state index is 12.3. The minimum atomic E-state index is 0. The molecule has 0 radical (unpaired) electrons. The van der Waals surface area contributed by atoms with Crippen LogP contribution in [-0.2, 0) is 16.0 Å². The molecule has 1 fully saturated rings. The summed E-state index contributed by atoms with van der Waals surface area (Å²) in [5.41, 5.74) is 1.29. The van der Waals surface area contributed by atoms with E-state index in [1.54, 1.807) is 7.11 Å². The van der Waals surface area contributed by atoms with Crippen molar-refractivity contribution in [2.75, 3.05) is 33.4 Å². The molecule has 142 valence electrons. The fourth-order valence-corrected chi connectivity index (χ4v) is 3.66. The highest BCUT2D eigenvalue weighted by Gasteiger charge is 2.32. The van der Waals surface area contributed by atoms with E-state index in [-0.39, 0.29) is 23.7 Å². The first-order chi connectivity index (χ1) is 12.2. The monoisotopic (exact) mass is 376 g/mol. The van der Waals surface area contributed by atoms with Crippen molar-refractivity contribution in [1.82, 2.24) is 10.6 Å². The number of carbonyl (C=O) groups excluding carboxylic acids is 1. The number of ether oxygens (including phenoxy) is 1. The fourth-order valence-electron chi connectivity index (χ4n) is 3.66. The van der Waals surface area contributed by atoms with E-state index < -0.39 is 0 Å². The van der Waals surface area contributed by atoms with Gasteiger partial charge in [0.1, 0.15) is 0 Å². The lowest BCUT2D eigenvalue weighted by Gasteiger charge is -2.37. The van der Waals surface area contributed by atoms with E-state index in [4.69, 9.17) is 4.74 Å². The van der Waals surface area contributed by atoms with Gasteiger partial charge < -0.3 is 15.4 Å². The molecule has 0 aromatic heterocycles. The normalized spacial score (nSPS) is 16.0. The highest BCUT2D eigenvalue weighted by Crippen LogP contribution is 2.28. The zero-order valence-electron chi connectivity index (χ0n) is 15.4. The van der Waals surface area contributed by atoms with Crippen molar-refractivity contribution in [3.63, 3.8) is 0 Å². The molecule has 1 aliphatic heterocycles. The molecule has 0 unspecified atom stereocenters. The first-order valence-electron chi connectivity index (χ1n) is 9.15. The summed E-state index contributed by atoms with van der Waals surface area (Å²) in [6, 6.07) is 14.8. The van der Waals surface area contributed by atoms with Crippen LogP contribution < -0.4 is 10.6 Å². The van der Waals surface area contributed by atoms with Crippen LogP contribution in [0.15, 0.2) is 42.5 Å². The zero-order chi connectivity index (χ0) is 17.5.